The van der Waals surface area contributed by atoms with Crippen LogP contribution in [0.2, 0.25) is 0 Å². The van der Waals surface area contributed by atoms with E-state index in [1.807, 2.05) is 24.3 Å². The van der Waals surface area contributed by atoms with Crippen molar-refractivity contribution in [3.05, 3.63) is 24.3 Å². The zero-order valence-corrected chi connectivity index (χ0v) is 8.79. The van der Waals surface area contributed by atoms with Crippen molar-refractivity contribution in [1.29, 1.82) is 0 Å². The molecule has 78 valence electrons. The second-order valence-electron chi connectivity index (χ2n) is 3.20. The van der Waals surface area contributed by atoms with Crippen LogP contribution in [0.25, 0.3) is 0 Å². The van der Waals surface area contributed by atoms with E-state index in [9.17, 15) is 4.79 Å². The van der Waals surface area contributed by atoms with E-state index in [1.54, 1.807) is 4.90 Å². The van der Waals surface area contributed by atoms with Crippen LogP contribution in [0.1, 0.15) is 0 Å². The Labute approximate surface area is 92.6 Å². The number of carbonyl (C=O) groups is 1. The van der Waals surface area contributed by atoms with E-state index >= 15 is 0 Å². The van der Waals surface area contributed by atoms with Crippen LogP contribution < -0.4 is 15.4 Å². The Balaban J connectivity index is 2.37. The fraction of sp³-hybridized carbons (Fsp3) is 0.200. The van der Waals surface area contributed by atoms with Gasteiger partial charge in [-0.1, -0.05) is 24.4 Å². The zero-order valence-electron chi connectivity index (χ0n) is 7.97. The highest BCUT2D eigenvalue weighted by atomic mass is 32.1. The Morgan fingerprint density at radius 3 is 3.00 bits per heavy atom. The van der Waals surface area contributed by atoms with Gasteiger partial charge in [0.1, 0.15) is 5.75 Å². The standard InChI is InChI=1S/C10H10N2O2S/c11-9(15)5-12-7-3-1-2-4-8(7)14-6-10(12)13/h1-4H,5-6H2,(H2,11,15). The van der Waals surface area contributed by atoms with Crippen molar-refractivity contribution in [2.75, 3.05) is 18.1 Å². The van der Waals surface area contributed by atoms with Crippen LogP contribution in [0.15, 0.2) is 24.3 Å². The number of nitrogens with zero attached hydrogens (tertiary/aromatic N) is 1. The van der Waals surface area contributed by atoms with Crippen molar-refractivity contribution in [2.24, 2.45) is 5.73 Å². The summed E-state index contributed by atoms with van der Waals surface area (Å²) in [6.45, 7) is 0.300. The first-order valence-electron chi connectivity index (χ1n) is 4.49. The van der Waals surface area contributed by atoms with E-state index in [-0.39, 0.29) is 19.1 Å². The van der Waals surface area contributed by atoms with Crippen molar-refractivity contribution in [3.8, 4) is 5.75 Å². The largest absolute Gasteiger partial charge is 0.482 e. The van der Waals surface area contributed by atoms with Crippen molar-refractivity contribution < 1.29 is 9.53 Å². The van der Waals surface area contributed by atoms with Gasteiger partial charge in [-0.05, 0) is 12.1 Å². The third-order valence-corrected chi connectivity index (χ3v) is 2.25. The summed E-state index contributed by atoms with van der Waals surface area (Å²) in [5.41, 5.74) is 6.16. The first kappa shape index (κ1) is 9.92. The molecule has 0 saturated carbocycles. The minimum Gasteiger partial charge on any atom is -0.482 e. The number of benzene rings is 1. The molecular formula is C10H10N2O2S. The summed E-state index contributed by atoms with van der Waals surface area (Å²) in [5.74, 6) is 0.565. The van der Waals surface area contributed by atoms with Crippen molar-refractivity contribution >= 4 is 28.8 Å². The molecule has 0 radical (unpaired) electrons. The third kappa shape index (κ3) is 1.92. The molecular weight excluding hydrogens is 212 g/mol. The van der Waals surface area contributed by atoms with Crippen molar-refractivity contribution in [1.82, 2.24) is 0 Å². The zero-order chi connectivity index (χ0) is 10.8. The van der Waals surface area contributed by atoms with Gasteiger partial charge in [-0.3, -0.25) is 9.69 Å². The molecule has 5 heteroatoms. The molecule has 1 heterocycles. The summed E-state index contributed by atoms with van der Waals surface area (Å²) in [6.07, 6.45) is 0. The van der Waals surface area contributed by atoms with Crippen LogP contribution in [0.4, 0.5) is 5.69 Å². The Kier molecular flexibility index (Phi) is 2.55. The molecule has 1 aliphatic rings. The van der Waals surface area contributed by atoms with Gasteiger partial charge in [-0.15, -0.1) is 0 Å². The molecule has 1 aliphatic heterocycles. The van der Waals surface area contributed by atoms with E-state index in [4.69, 9.17) is 22.7 Å². The summed E-state index contributed by atoms with van der Waals surface area (Å²) in [6, 6.07) is 7.32. The number of thiocarbonyl (C=S) groups is 1. The summed E-state index contributed by atoms with van der Waals surface area (Å²) in [5, 5.41) is 0. The molecule has 0 bridgehead atoms. The van der Waals surface area contributed by atoms with Gasteiger partial charge in [0.25, 0.3) is 5.91 Å². The van der Waals surface area contributed by atoms with Crippen LogP contribution in [0.5, 0.6) is 5.75 Å². The average molecular weight is 222 g/mol. The number of amides is 1. The summed E-state index contributed by atoms with van der Waals surface area (Å²) < 4.78 is 5.27. The van der Waals surface area contributed by atoms with Crippen LogP contribution in [0, 0.1) is 0 Å². The minimum absolute atomic E-state index is 0.0413. The SMILES string of the molecule is NC(=S)CN1C(=O)COc2ccccc21. The number of ether oxygens (including phenoxy) is 1. The van der Waals surface area contributed by atoms with Gasteiger partial charge in [-0.2, -0.15) is 0 Å². The average Bonchev–Trinajstić information content (AvgIpc) is 2.22. The Morgan fingerprint density at radius 1 is 1.53 bits per heavy atom. The molecule has 0 aromatic heterocycles. The number of rotatable bonds is 2. The molecule has 15 heavy (non-hydrogen) atoms. The molecule has 0 spiro atoms. The Bertz CT molecular complexity index is 420. The molecule has 1 aromatic carbocycles. The molecule has 1 amide bonds. The van der Waals surface area contributed by atoms with Crippen LogP contribution in [0.3, 0.4) is 0 Å². The number of anilines is 1. The smallest absolute Gasteiger partial charge is 0.265 e. The lowest BCUT2D eigenvalue weighted by atomic mass is 10.2. The molecule has 0 saturated heterocycles. The fourth-order valence-corrected chi connectivity index (χ4v) is 1.61. The van der Waals surface area contributed by atoms with Gasteiger partial charge in [-0.25, -0.2) is 0 Å². The number of hydrogen-bond donors (Lipinski definition) is 1. The Morgan fingerprint density at radius 2 is 2.27 bits per heavy atom. The van der Waals surface area contributed by atoms with E-state index in [0.717, 1.165) is 5.69 Å². The maximum atomic E-state index is 11.6. The maximum Gasteiger partial charge on any atom is 0.265 e. The molecule has 1 aromatic rings. The molecule has 0 unspecified atom stereocenters. The predicted octanol–water partition coefficient (Wildman–Crippen LogP) is 0.698. The van der Waals surface area contributed by atoms with Crippen LogP contribution in [-0.2, 0) is 4.79 Å². The Hall–Kier alpha value is -1.62. The van der Waals surface area contributed by atoms with Gasteiger partial charge in [0.15, 0.2) is 6.61 Å². The van der Waals surface area contributed by atoms with Crippen LogP contribution >= 0.6 is 12.2 Å². The van der Waals surface area contributed by atoms with E-state index in [0.29, 0.717) is 10.7 Å². The van der Waals surface area contributed by atoms with Gasteiger partial charge in [0, 0.05) is 0 Å². The maximum absolute atomic E-state index is 11.6. The molecule has 0 atom stereocenters. The van der Waals surface area contributed by atoms with Crippen molar-refractivity contribution in [2.45, 2.75) is 0 Å². The fourth-order valence-electron chi connectivity index (χ4n) is 1.48. The number of carbonyl (C=O) groups excluding carboxylic acids is 1. The number of fused-ring (bicyclic) bond motifs is 1. The lowest BCUT2D eigenvalue weighted by molar-refractivity contribution is -0.121. The quantitative estimate of drug-likeness (QED) is 0.748. The van der Waals surface area contributed by atoms with Gasteiger partial charge in [0.05, 0.1) is 17.2 Å². The highest BCUT2D eigenvalue weighted by Gasteiger charge is 2.25. The first-order valence-corrected chi connectivity index (χ1v) is 4.90. The van der Waals surface area contributed by atoms with Gasteiger partial charge < -0.3 is 10.5 Å². The normalized spacial score (nSPS) is 14.4. The summed E-state index contributed by atoms with van der Waals surface area (Å²) in [7, 11) is 0. The predicted molar refractivity (Wildman–Crippen MR) is 61.1 cm³/mol. The summed E-state index contributed by atoms with van der Waals surface area (Å²) >= 11 is 4.80. The minimum atomic E-state index is -0.124. The number of para-hydroxylation sites is 2. The summed E-state index contributed by atoms with van der Waals surface area (Å²) in [4.78, 5) is 13.4. The second-order valence-corrected chi connectivity index (χ2v) is 3.73. The van der Waals surface area contributed by atoms with Crippen molar-refractivity contribution in [3.63, 3.8) is 0 Å². The topological polar surface area (TPSA) is 55.6 Å². The molecule has 2 rings (SSSR count). The molecule has 2 N–H and O–H groups in total. The van der Waals surface area contributed by atoms with Gasteiger partial charge in [0.2, 0.25) is 0 Å². The molecule has 4 nitrogen and oxygen atoms in total. The number of hydrogen-bond acceptors (Lipinski definition) is 3. The van der Waals surface area contributed by atoms with E-state index in [2.05, 4.69) is 0 Å². The first-order chi connectivity index (χ1) is 7.18. The highest BCUT2D eigenvalue weighted by Crippen LogP contribution is 2.30. The van der Waals surface area contributed by atoms with Gasteiger partial charge >= 0.3 is 0 Å². The highest BCUT2D eigenvalue weighted by molar-refractivity contribution is 7.80. The molecule has 0 fully saturated rings. The second kappa shape index (κ2) is 3.86. The monoisotopic (exact) mass is 222 g/mol. The number of nitrogens with two attached hydrogens (primary N) is 1. The van der Waals surface area contributed by atoms with E-state index in [1.165, 1.54) is 0 Å². The third-order valence-electron chi connectivity index (χ3n) is 2.12. The van der Waals surface area contributed by atoms with Crippen LogP contribution in [-0.4, -0.2) is 24.0 Å². The lowest BCUT2D eigenvalue weighted by Gasteiger charge is -2.28. The van der Waals surface area contributed by atoms with E-state index < -0.39 is 0 Å². The molecule has 0 aliphatic carbocycles. The lowest BCUT2D eigenvalue weighted by Crippen LogP contribution is -2.43.